The van der Waals surface area contributed by atoms with E-state index < -0.39 is 17.7 Å². The molecule has 21 heavy (non-hydrogen) atoms. The number of aliphatic hydroxyl groups excluding tert-OH is 1. The third-order valence-electron chi connectivity index (χ3n) is 2.72. The van der Waals surface area contributed by atoms with E-state index in [0.717, 1.165) is 0 Å². The van der Waals surface area contributed by atoms with E-state index in [0.29, 0.717) is 5.02 Å². The third kappa shape index (κ3) is 4.58. The Bertz CT molecular complexity index is 610. The summed E-state index contributed by atoms with van der Waals surface area (Å²) in [5.74, 6) is -0.911. The van der Waals surface area contributed by atoms with E-state index in [9.17, 15) is 13.9 Å². The monoisotopic (exact) mass is 313 g/mol. The molecule has 0 fully saturated rings. The Labute approximate surface area is 126 Å². The highest BCUT2D eigenvalue weighted by molar-refractivity contribution is 6.30. The van der Waals surface area contributed by atoms with Crippen molar-refractivity contribution in [3.05, 3.63) is 59.1 Å². The average Bonchev–Trinajstić information content (AvgIpc) is 2.47. The summed E-state index contributed by atoms with van der Waals surface area (Å²) in [5, 5.41) is 12.9. The number of ether oxygens (including phenoxy) is 1. The van der Waals surface area contributed by atoms with Gasteiger partial charge in [-0.3, -0.25) is 0 Å². The number of benzene rings is 2. The first-order valence-electron chi connectivity index (χ1n) is 6.30. The number of anilines is 1. The van der Waals surface area contributed by atoms with Gasteiger partial charge < -0.3 is 15.2 Å². The highest BCUT2D eigenvalue weighted by Gasteiger charge is 2.09. The zero-order valence-electron chi connectivity index (χ0n) is 11.0. The Morgan fingerprint density at radius 3 is 2.67 bits per heavy atom. The number of halogens is 3. The van der Waals surface area contributed by atoms with Gasteiger partial charge in [0.05, 0.1) is 5.69 Å². The highest BCUT2D eigenvalue weighted by atomic mass is 35.5. The van der Waals surface area contributed by atoms with E-state index in [4.69, 9.17) is 16.3 Å². The molecule has 2 N–H and O–H groups in total. The van der Waals surface area contributed by atoms with Crippen molar-refractivity contribution >= 4 is 17.3 Å². The summed E-state index contributed by atoms with van der Waals surface area (Å²) < 4.78 is 31.9. The van der Waals surface area contributed by atoms with E-state index in [1.54, 1.807) is 12.1 Å². The van der Waals surface area contributed by atoms with Crippen molar-refractivity contribution in [2.45, 2.75) is 6.10 Å². The zero-order valence-corrected chi connectivity index (χ0v) is 11.8. The quantitative estimate of drug-likeness (QED) is 0.858. The number of para-hydroxylation sites is 1. The molecule has 6 heteroatoms. The first kappa shape index (κ1) is 15.5. The Balaban J connectivity index is 1.84. The summed E-state index contributed by atoms with van der Waals surface area (Å²) in [4.78, 5) is 0. The highest BCUT2D eigenvalue weighted by Crippen LogP contribution is 2.19. The molecule has 0 bridgehead atoms. The molecule has 0 saturated carbocycles. The van der Waals surface area contributed by atoms with Crippen molar-refractivity contribution in [1.29, 1.82) is 0 Å². The Kier molecular flexibility index (Phi) is 5.36. The lowest BCUT2D eigenvalue weighted by atomic mass is 10.3. The van der Waals surface area contributed by atoms with E-state index in [2.05, 4.69) is 5.32 Å². The van der Waals surface area contributed by atoms with Gasteiger partial charge in [-0.05, 0) is 30.3 Å². The predicted molar refractivity (Wildman–Crippen MR) is 77.8 cm³/mol. The largest absolute Gasteiger partial charge is 0.488 e. The SMILES string of the molecule is OC(CNc1cc(Cl)ccc1F)COc1ccccc1F. The van der Waals surface area contributed by atoms with Crippen LogP contribution in [0.5, 0.6) is 5.75 Å². The summed E-state index contributed by atoms with van der Waals surface area (Å²) in [6, 6.07) is 9.98. The molecule has 0 radical (unpaired) electrons. The van der Waals surface area contributed by atoms with Gasteiger partial charge in [0.2, 0.25) is 0 Å². The standard InChI is InChI=1S/C15H14ClF2NO2/c16-10-5-6-12(17)14(7-10)19-8-11(20)9-21-15-4-2-1-3-13(15)18/h1-7,11,19-20H,8-9H2. The molecular weight excluding hydrogens is 300 g/mol. The topological polar surface area (TPSA) is 41.5 Å². The minimum atomic E-state index is -0.928. The molecule has 0 aliphatic carbocycles. The maximum Gasteiger partial charge on any atom is 0.165 e. The molecule has 0 aliphatic rings. The fraction of sp³-hybridized carbons (Fsp3) is 0.200. The van der Waals surface area contributed by atoms with Crippen LogP contribution in [0.2, 0.25) is 5.02 Å². The third-order valence-corrected chi connectivity index (χ3v) is 2.96. The second-order valence-corrected chi connectivity index (χ2v) is 4.84. The maximum atomic E-state index is 13.4. The maximum absolute atomic E-state index is 13.4. The molecule has 0 spiro atoms. The predicted octanol–water partition coefficient (Wildman–Crippen LogP) is 3.47. The van der Waals surface area contributed by atoms with Gasteiger partial charge in [-0.1, -0.05) is 23.7 Å². The molecule has 0 saturated heterocycles. The van der Waals surface area contributed by atoms with Crippen LogP contribution in [0.25, 0.3) is 0 Å². The minimum Gasteiger partial charge on any atom is -0.488 e. The summed E-state index contributed by atoms with van der Waals surface area (Å²) in [6.45, 7) is -0.0676. The van der Waals surface area contributed by atoms with Crippen LogP contribution >= 0.6 is 11.6 Å². The van der Waals surface area contributed by atoms with Gasteiger partial charge in [0, 0.05) is 11.6 Å². The van der Waals surface area contributed by atoms with Crippen LogP contribution in [0.4, 0.5) is 14.5 Å². The summed E-state index contributed by atoms with van der Waals surface area (Å²) in [7, 11) is 0. The number of aliphatic hydroxyl groups is 1. The van der Waals surface area contributed by atoms with E-state index in [1.165, 1.54) is 30.3 Å². The molecular formula is C15H14ClF2NO2. The number of nitrogens with one attached hydrogen (secondary N) is 1. The molecule has 2 rings (SSSR count). The summed E-state index contributed by atoms with van der Waals surface area (Å²) in [5.41, 5.74) is 0.187. The Morgan fingerprint density at radius 2 is 1.90 bits per heavy atom. The summed E-state index contributed by atoms with van der Waals surface area (Å²) in [6.07, 6.45) is -0.928. The first-order chi connectivity index (χ1) is 10.1. The second-order valence-electron chi connectivity index (χ2n) is 4.40. The van der Waals surface area contributed by atoms with Crippen LogP contribution in [0, 0.1) is 11.6 Å². The number of hydrogen-bond acceptors (Lipinski definition) is 3. The zero-order chi connectivity index (χ0) is 15.2. The fourth-order valence-electron chi connectivity index (χ4n) is 1.67. The van der Waals surface area contributed by atoms with Crippen molar-refractivity contribution in [3.63, 3.8) is 0 Å². The van der Waals surface area contributed by atoms with Gasteiger partial charge in [-0.25, -0.2) is 8.78 Å². The van der Waals surface area contributed by atoms with Gasteiger partial charge in [-0.15, -0.1) is 0 Å². The van der Waals surface area contributed by atoms with Gasteiger partial charge in [0.25, 0.3) is 0 Å². The van der Waals surface area contributed by atoms with Gasteiger partial charge >= 0.3 is 0 Å². The van der Waals surface area contributed by atoms with Crippen molar-refractivity contribution < 1.29 is 18.6 Å². The van der Waals surface area contributed by atoms with E-state index >= 15 is 0 Å². The van der Waals surface area contributed by atoms with Gasteiger partial charge in [0.15, 0.2) is 11.6 Å². The second kappa shape index (κ2) is 7.24. The minimum absolute atomic E-state index is 0.0473. The molecule has 0 amide bonds. The van der Waals surface area contributed by atoms with Crippen molar-refractivity contribution in [1.82, 2.24) is 0 Å². The van der Waals surface area contributed by atoms with Crippen molar-refractivity contribution in [2.24, 2.45) is 0 Å². The molecule has 0 heterocycles. The van der Waals surface area contributed by atoms with Crippen LogP contribution in [-0.4, -0.2) is 24.4 Å². The molecule has 2 aromatic rings. The lowest BCUT2D eigenvalue weighted by Gasteiger charge is -2.14. The van der Waals surface area contributed by atoms with Crippen LogP contribution in [0.1, 0.15) is 0 Å². The number of hydrogen-bond donors (Lipinski definition) is 2. The molecule has 0 aromatic heterocycles. The normalized spacial score (nSPS) is 12.0. The van der Waals surface area contributed by atoms with Crippen molar-refractivity contribution in [3.8, 4) is 5.75 Å². The van der Waals surface area contributed by atoms with Crippen LogP contribution in [-0.2, 0) is 0 Å². The van der Waals surface area contributed by atoms with E-state index in [1.807, 2.05) is 0 Å². The summed E-state index contributed by atoms with van der Waals surface area (Å²) >= 11 is 5.76. The van der Waals surface area contributed by atoms with Crippen LogP contribution in [0.15, 0.2) is 42.5 Å². The Morgan fingerprint density at radius 1 is 1.14 bits per heavy atom. The fourth-order valence-corrected chi connectivity index (χ4v) is 1.84. The molecule has 0 aliphatic heterocycles. The smallest absolute Gasteiger partial charge is 0.165 e. The molecule has 3 nitrogen and oxygen atoms in total. The lowest BCUT2D eigenvalue weighted by Crippen LogP contribution is -2.26. The van der Waals surface area contributed by atoms with Gasteiger partial charge in [-0.2, -0.15) is 0 Å². The molecule has 1 unspecified atom stereocenters. The lowest BCUT2D eigenvalue weighted by molar-refractivity contribution is 0.115. The van der Waals surface area contributed by atoms with Crippen LogP contribution in [0.3, 0.4) is 0 Å². The van der Waals surface area contributed by atoms with Crippen LogP contribution < -0.4 is 10.1 Å². The number of rotatable bonds is 6. The molecule has 112 valence electrons. The average molecular weight is 314 g/mol. The van der Waals surface area contributed by atoms with E-state index in [-0.39, 0.29) is 24.6 Å². The first-order valence-corrected chi connectivity index (χ1v) is 6.68. The van der Waals surface area contributed by atoms with Gasteiger partial charge in [0.1, 0.15) is 18.5 Å². The molecule has 1 atom stereocenters. The molecule has 2 aromatic carbocycles. The van der Waals surface area contributed by atoms with Crippen molar-refractivity contribution in [2.75, 3.05) is 18.5 Å². The Hall–Kier alpha value is -1.85.